The third kappa shape index (κ3) is 3.74. The topological polar surface area (TPSA) is 33.2 Å². The molecule has 2 heterocycles. The van der Waals surface area contributed by atoms with Crippen molar-refractivity contribution in [3.8, 4) is 0 Å². The fourth-order valence-electron chi connectivity index (χ4n) is 2.29. The van der Waals surface area contributed by atoms with E-state index in [4.69, 9.17) is 12.2 Å². The molecular formula is C17H11F3N2OS2. The van der Waals surface area contributed by atoms with Crippen molar-refractivity contribution in [2.75, 3.05) is 4.90 Å². The van der Waals surface area contributed by atoms with Gasteiger partial charge >= 0.3 is 6.18 Å². The average molecular weight is 380 g/mol. The number of carbonyl (C=O) groups excluding carboxylic acids is 1. The number of thioether (sulfide) groups is 1. The summed E-state index contributed by atoms with van der Waals surface area (Å²) in [6, 6.07) is 9.92. The van der Waals surface area contributed by atoms with E-state index in [0.717, 1.165) is 34.5 Å². The van der Waals surface area contributed by atoms with E-state index in [0.29, 0.717) is 10.6 Å². The molecule has 0 radical (unpaired) electrons. The van der Waals surface area contributed by atoms with Gasteiger partial charge in [0.05, 0.1) is 21.8 Å². The molecule has 0 aliphatic carbocycles. The maximum Gasteiger partial charge on any atom is 0.416 e. The zero-order valence-electron chi connectivity index (χ0n) is 12.9. The highest BCUT2D eigenvalue weighted by Gasteiger charge is 2.36. The van der Waals surface area contributed by atoms with E-state index in [1.54, 1.807) is 12.1 Å². The van der Waals surface area contributed by atoms with Crippen molar-refractivity contribution in [2.45, 2.75) is 13.1 Å². The number of pyridine rings is 1. The molecule has 1 aromatic carbocycles. The van der Waals surface area contributed by atoms with Crippen LogP contribution in [0.4, 0.5) is 18.9 Å². The minimum atomic E-state index is -4.49. The zero-order valence-corrected chi connectivity index (χ0v) is 14.5. The van der Waals surface area contributed by atoms with Crippen molar-refractivity contribution < 1.29 is 18.0 Å². The SMILES string of the molecule is Cc1cccc(/C=C2/SC(=S)N(c3cccc(C(F)(F)F)c3)C2=O)n1. The molecule has 1 aliphatic rings. The van der Waals surface area contributed by atoms with Crippen molar-refractivity contribution >= 4 is 46.0 Å². The Morgan fingerprint density at radius 2 is 1.92 bits per heavy atom. The van der Waals surface area contributed by atoms with E-state index in [1.165, 1.54) is 12.1 Å². The Morgan fingerprint density at radius 1 is 1.20 bits per heavy atom. The van der Waals surface area contributed by atoms with E-state index >= 15 is 0 Å². The van der Waals surface area contributed by atoms with Crippen LogP contribution in [-0.2, 0) is 11.0 Å². The molecule has 0 saturated carbocycles. The van der Waals surface area contributed by atoms with Crippen LogP contribution in [0.3, 0.4) is 0 Å². The van der Waals surface area contributed by atoms with Crippen LogP contribution in [0.1, 0.15) is 17.0 Å². The second-order valence-corrected chi connectivity index (χ2v) is 6.94. The molecule has 3 rings (SSSR count). The van der Waals surface area contributed by atoms with Gasteiger partial charge in [0, 0.05) is 5.69 Å². The molecule has 0 N–H and O–H groups in total. The summed E-state index contributed by atoms with van der Waals surface area (Å²) in [4.78, 5) is 18.3. The van der Waals surface area contributed by atoms with Gasteiger partial charge in [-0.05, 0) is 43.3 Å². The first-order chi connectivity index (χ1) is 11.8. The highest BCUT2D eigenvalue weighted by Crippen LogP contribution is 2.38. The standard InChI is InChI=1S/C17H11F3N2OS2/c1-10-4-2-6-12(21-10)9-14-15(23)22(16(24)25-14)13-7-3-5-11(8-13)17(18,19)20/h2-9H,1H3/b14-9+. The molecule has 1 aromatic heterocycles. The van der Waals surface area contributed by atoms with Crippen molar-refractivity contribution in [3.63, 3.8) is 0 Å². The third-order valence-electron chi connectivity index (χ3n) is 3.41. The van der Waals surface area contributed by atoms with Gasteiger partial charge in [0.1, 0.15) is 0 Å². The van der Waals surface area contributed by atoms with E-state index in [1.807, 2.05) is 19.1 Å². The van der Waals surface area contributed by atoms with Gasteiger partial charge in [-0.25, -0.2) is 0 Å². The van der Waals surface area contributed by atoms with E-state index < -0.39 is 17.6 Å². The fourth-order valence-corrected chi connectivity index (χ4v) is 3.57. The zero-order chi connectivity index (χ0) is 18.2. The highest BCUT2D eigenvalue weighted by atomic mass is 32.2. The summed E-state index contributed by atoms with van der Waals surface area (Å²) in [5.41, 5.74) is 0.646. The number of alkyl halides is 3. The van der Waals surface area contributed by atoms with Gasteiger partial charge in [0.25, 0.3) is 5.91 Å². The average Bonchev–Trinajstić information content (AvgIpc) is 2.81. The van der Waals surface area contributed by atoms with E-state index in [9.17, 15) is 18.0 Å². The van der Waals surface area contributed by atoms with Gasteiger partial charge in [0.2, 0.25) is 0 Å². The van der Waals surface area contributed by atoms with Gasteiger partial charge in [-0.1, -0.05) is 36.1 Å². The van der Waals surface area contributed by atoms with Crippen LogP contribution in [0.5, 0.6) is 0 Å². The highest BCUT2D eigenvalue weighted by molar-refractivity contribution is 8.27. The summed E-state index contributed by atoms with van der Waals surface area (Å²) in [6.45, 7) is 1.82. The lowest BCUT2D eigenvalue weighted by Gasteiger charge is -2.16. The van der Waals surface area contributed by atoms with Gasteiger partial charge < -0.3 is 0 Å². The van der Waals surface area contributed by atoms with Gasteiger partial charge in [0.15, 0.2) is 4.32 Å². The van der Waals surface area contributed by atoms with E-state index in [2.05, 4.69) is 4.98 Å². The summed E-state index contributed by atoms with van der Waals surface area (Å²) in [5, 5.41) is 0. The maximum atomic E-state index is 12.9. The Morgan fingerprint density at radius 3 is 2.60 bits per heavy atom. The number of rotatable bonds is 2. The third-order valence-corrected chi connectivity index (χ3v) is 4.72. The number of carbonyl (C=O) groups is 1. The number of anilines is 1. The Hall–Kier alpha value is -2.19. The van der Waals surface area contributed by atoms with Crippen LogP contribution in [0.15, 0.2) is 47.4 Å². The first kappa shape index (κ1) is 17.6. The predicted octanol–water partition coefficient (Wildman–Crippen LogP) is 4.81. The number of nitrogens with zero attached hydrogens (tertiary/aromatic N) is 2. The molecule has 1 aliphatic heterocycles. The number of benzene rings is 1. The Labute approximate surface area is 151 Å². The van der Waals surface area contributed by atoms with Crippen LogP contribution in [-0.4, -0.2) is 15.2 Å². The van der Waals surface area contributed by atoms with Gasteiger partial charge in [-0.15, -0.1) is 0 Å². The quantitative estimate of drug-likeness (QED) is 0.553. The molecule has 1 amide bonds. The molecule has 1 fully saturated rings. The number of aromatic nitrogens is 1. The summed E-state index contributed by atoms with van der Waals surface area (Å²) in [5.74, 6) is -0.461. The normalized spacial score (nSPS) is 16.8. The first-order valence-corrected chi connectivity index (χ1v) is 8.37. The Balaban J connectivity index is 1.95. The number of hydrogen-bond acceptors (Lipinski definition) is 4. The molecule has 25 heavy (non-hydrogen) atoms. The largest absolute Gasteiger partial charge is 0.416 e. The number of halogens is 3. The first-order valence-electron chi connectivity index (χ1n) is 7.14. The number of aryl methyl sites for hydroxylation is 1. The van der Waals surface area contributed by atoms with Crippen molar-refractivity contribution in [1.29, 1.82) is 0 Å². The molecule has 128 valence electrons. The smallest absolute Gasteiger partial charge is 0.268 e. The Bertz CT molecular complexity index is 893. The van der Waals surface area contributed by atoms with Crippen LogP contribution in [0, 0.1) is 6.92 Å². The lowest BCUT2D eigenvalue weighted by atomic mass is 10.2. The van der Waals surface area contributed by atoms with Crippen LogP contribution < -0.4 is 4.90 Å². The summed E-state index contributed by atoms with van der Waals surface area (Å²) in [7, 11) is 0. The fraction of sp³-hybridized carbons (Fsp3) is 0.118. The molecule has 0 spiro atoms. The predicted molar refractivity (Wildman–Crippen MR) is 96.1 cm³/mol. The van der Waals surface area contributed by atoms with Crippen molar-refractivity contribution in [3.05, 3.63) is 64.3 Å². The Kier molecular flexibility index (Phi) is 4.66. The molecule has 0 atom stereocenters. The minimum absolute atomic E-state index is 0.0953. The molecule has 0 bridgehead atoms. The van der Waals surface area contributed by atoms with Crippen LogP contribution in [0.2, 0.25) is 0 Å². The summed E-state index contributed by atoms with van der Waals surface area (Å²) in [6.07, 6.45) is -2.91. The lowest BCUT2D eigenvalue weighted by molar-refractivity contribution is -0.137. The second kappa shape index (κ2) is 6.61. The molecular weight excluding hydrogens is 369 g/mol. The number of hydrogen-bond donors (Lipinski definition) is 0. The molecule has 0 unspecified atom stereocenters. The van der Waals surface area contributed by atoms with Crippen molar-refractivity contribution in [2.24, 2.45) is 0 Å². The van der Waals surface area contributed by atoms with Gasteiger partial charge in [-0.3, -0.25) is 14.7 Å². The minimum Gasteiger partial charge on any atom is -0.268 e. The van der Waals surface area contributed by atoms with Crippen LogP contribution in [0.25, 0.3) is 6.08 Å². The molecule has 1 saturated heterocycles. The molecule has 8 heteroatoms. The summed E-state index contributed by atoms with van der Waals surface area (Å²) < 4.78 is 38.9. The maximum absolute atomic E-state index is 12.9. The monoisotopic (exact) mass is 380 g/mol. The summed E-state index contributed by atoms with van der Waals surface area (Å²) >= 11 is 6.22. The number of thiocarbonyl (C=S) groups is 1. The van der Waals surface area contributed by atoms with Crippen LogP contribution >= 0.6 is 24.0 Å². The lowest BCUT2D eigenvalue weighted by Crippen LogP contribution is -2.27. The molecule has 3 nitrogen and oxygen atoms in total. The molecule has 2 aromatic rings. The van der Waals surface area contributed by atoms with Crippen molar-refractivity contribution in [1.82, 2.24) is 4.98 Å². The van der Waals surface area contributed by atoms with Gasteiger partial charge in [-0.2, -0.15) is 13.2 Å². The second-order valence-electron chi connectivity index (χ2n) is 5.27. The number of amides is 1. The van der Waals surface area contributed by atoms with E-state index in [-0.39, 0.29) is 10.0 Å².